The smallest absolute Gasteiger partial charge is 0.242 e. The van der Waals surface area contributed by atoms with Crippen molar-refractivity contribution in [2.75, 3.05) is 6.54 Å². The minimum absolute atomic E-state index is 0.0672. The summed E-state index contributed by atoms with van der Waals surface area (Å²) in [5, 5.41) is 3.96. The molecule has 0 radical (unpaired) electrons. The normalized spacial score (nSPS) is 12.0. The molecule has 174 valence electrons. The van der Waals surface area contributed by atoms with Crippen molar-refractivity contribution in [2.45, 2.75) is 71.9 Å². The second-order valence-corrected chi connectivity index (χ2v) is 9.21. The third kappa shape index (κ3) is 7.53. The number of hydrogen-bond donors (Lipinski definition) is 1. The summed E-state index contributed by atoms with van der Waals surface area (Å²) in [6.07, 6.45) is 2.31. The summed E-state index contributed by atoms with van der Waals surface area (Å²) in [6.45, 7) is 9.09. The van der Waals surface area contributed by atoms with Crippen molar-refractivity contribution in [2.24, 2.45) is 0 Å². The molecule has 2 aromatic carbocycles. The molecule has 4 nitrogen and oxygen atoms in total. The van der Waals surface area contributed by atoms with Crippen LogP contribution in [0.25, 0.3) is 0 Å². The Bertz CT molecular complexity index is 897. The molecule has 2 rings (SSSR count). The molecule has 0 aliphatic carbocycles. The first kappa shape index (κ1) is 26.2. The van der Waals surface area contributed by atoms with Gasteiger partial charge in [0, 0.05) is 29.6 Å². The van der Waals surface area contributed by atoms with E-state index in [9.17, 15) is 9.59 Å². The largest absolute Gasteiger partial charge is 0.354 e. The molecular formula is C26H34Cl2N2O2. The number of aryl methyl sites for hydroxylation is 1. The van der Waals surface area contributed by atoms with Crippen LogP contribution in [0.2, 0.25) is 10.0 Å². The van der Waals surface area contributed by atoms with Crippen LogP contribution in [-0.4, -0.2) is 29.3 Å². The van der Waals surface area contributed by atoms with Gasteiger partial charge in [-0.1, -0.05) is 81.2 Å². The van der Waals surface area contributed by atoms with Crippen molar-refractivity contribution >= 4 is 35.0 Å². The second-order valence-electron chi connectivity index (χ2n) is 8.37. The van der Waals surface area contributed by atoms with E-state index in [2.05, 4.69) is 43.4 Å². The Kier molecular flexibility index (Phi) is 10.5. The van der Waals surface area contributed by atoms with Gasteiger partial charge >= 0.3 is 0 Å². The number of hydrogen-bond acceptors (Lipinski definition) is 2. The predicted octanol–water partition coefficient (Wildman–Crippen LogP) is 6.38. The molecule has 1 N–H and O–H groups in total. The summed E-state index contributed by atoms with van der Waals surface area (Å²) in [5.74, 6) is 0.272. The van der Waals surface area contributed by atoms with E-state index in [0.717, 1.165) is 17.5 Å². The average Bonchev–Trinajstić information content (AvgIpc) is 2.77. The van der Waals surface area contributed by atoms with Gasteiger partial charge in [0.15, 0.2) is 0 Å². The SMILES string of the molecule is CCCNC(=O)[C@@H](CC)N(Cc1ccc(Cl)cc1Cl)C(=O)CCc1ccc(C(C)C)cc1. The molecule has 0 bridgehead atoms. The van der Waals surface area contributed by atoms with Crippen molar-refractivity contribution in [3.8, 4) is 0 Å². The number of amides is 2. The van der Waals surface area contributed by atoms with E-state index >= 15 is 0 Å². The highest BCUT2D eigenvalue weighted by Gasteiger charge is 2.28. The molecule has 0 spiro atoms. The highest BCUT2D eigenvalue weighted by molar-refractivity contribution is 6.35. The van der Waals surface area contributed by atoms with E-state index in [4.69, 9.17) is 23.2 Å². The summed E-state index contributed by atoms with van der Waals surface area (Å²) < 4.78 is 0. The van der Waals surface area contributed by atoms with E-state index in [-0.39, 0.29) is 18.4 Å². The molecule has 0 saturated heterocycles. The fourth-order valence-electron chi connectivity index (χ4n) is 3.58. The van der Waals surface area contributed by atoms with Gasteiger partial charge < -0.3 is 10.2 Å². The predicted molar refractivity (Wildman–Crippen MR) is 133 cm³/mol. The molecule has 0 fully saturated rings. The Morgan fingerprint density at radius 2 is 1.72 bits per heavy atom. The zero-order valence-corrected chi connectivity index (χ0v) is 21.0. The first-order chi connectivity index (χ1) is 15.3. The highest BCUT2D eigenvalue weighted by atomic mass is 35.5. The number of halogens is 2. The Balaban J connectivity index is 2.21. The van der Waals surface area contributed by atoms with E-state index < -0.39 is 6.04 Å². The highest BCUT2D eigenvalue weighted by Crippen LogP contribution is 2.24. The maximum absolute atomic E-state index is 13.3. The Hall–Kier alpha value is -2.04. The maximum Gasteiger partial charge on any atom is 0.242 e. The third-order valence-corrected chi connectivity index (χ3v) is 6.15. The maximum atomic E-state index is 13.3. The van der Waals surface area contributed by atoms with Gasteiger partial charge in [0.1, 0.15) is 6.04 Å². The van der Waals surface area contributed by atoms with Crippen LogP contribution >= 0.6 is 23.2 Å². The van der Waals surface area contributed by atoms with Crippen LogP contribution in [0.3, 0.4) is 0 Å². The molecule has 32 heavy (non-hydrogen) atoms. The topological polar surface area (TPSA) is 49.4 Å². The minimum atomic E-state index is -0.552. The van der Waals surface area contributed by atoms with Crippen molar-refractivity contribution < 1.29 is 9.59 Å². The molecule has 1 atom stereocenters. The Morgan fingerprint density at radius 3 is 2.28 bits per heavy atom. The summed E-state index contributed by atoms with van der Waals surface area (Å²) in [4.78, 5) is 27.8. The first-order valence-corrected chi connectivity index (χ1v) is 12.1. The lowest BCUT2D eigenvalue weighted by atomic mass is 10.00. The first-order valence-electron chi connectivity index (χ1n) is 11.4. The number of rotatable bonds is 11. The van der Waals surface area contributed by atoms with Crippen molar-refractivity contribution in [1.82, 2.24) is 10.2 Å². The Labute approximate surface area is 202 Å². The van der Waals surface area contributed by atoms with Crippen LogP contribution in [0.1, 0.15) is 69.6 Å². The molecule has 0 unspecified atom stereocenters. The third-order valence-electron chi connectivity index (χ3n) is 5.56. The number of benzene rings is 2. The fraction of sp³-hybridized carbons (Fsp3) is 0.462. The van der Waals surface area contributed by atoms with Crippen molar-refractivity contribution in [1.29, 1.82) is 0 Å². The number of nitrogens with one attached hydrogen (secondary N) is 1. The lowest BCUT2D eigenvalue weighted by Gasteiger charge is -2.31. The van der Waals surface area contributed by atoms with Gasteiger partial charge in [0.2, 0.25) is 11.8 Å². The molecule has 0 aliphatic rings. The second kappa shape index (κ2) is 12.9. The monoisotopic (exact) mass is 476 g/mol. The number of nitrogens with zero attached hydrogens (tertiary/aromatic N) is 1. The van der Waals surface area contributed by atoms with Gasteiger partial charge in [0.25, 0.3) is 0 Å². The quantitative estimate of drug-likeness (QED) is 0.408. The van der Waals surface area contributed by atoms with E-state index in [0.29, 0.717) is 41.8 Å². The lowest BCUT2D eigenvalue weighted by molar-refractivity contribution is -0.141. The van der Waals surface area contributed by atoms with Gasteiger partial charge in [0.05, 0.1) is 0 Å². The molecule has 2 amide bonds. The van der Waals surface area contributed by atoms with Crippen LogP contribution < -0.4 is 5.32 Å². The standard InChI is InChI=1S/C26H34Cl2N2O2/c1-5-15-29-26(32)24(6-2)30(17-21-12-13-22(27)16-23(21)28)25(31)14-9-19-7-10-20(11-8-19)18(3)4/h7-8,10-13,16,18,24H,5-6,9,14-15,17H2,1-4H3,(H,29,32)/t24-/m1/s1. The van der Waals surface area contributed by atoms with Gasteiger partial charge in [-0.2, -0.15) is 0 Å². The summed E-state index contributed by atoms with van der Waals surface area (Å²) in [5.41, 5.74) is 3.15. The molecule has 0 saturated carbocycles. The molecule has 0 aliphatic heterocycles. The summed E-state index contributed by atoms with van der Waals surface area (Å²) in [7, 11) is 0. The van der Waals surface area contributed by atoms with Crippen LogP contribution in [0.5, 0.6) is 0 Å². The van der Waals surface area contributed by atoms with Crippen LogP contribution in [0, 0.1) is 0 Å². The van der Waals surface area contributed by atoms with Crippen LogP contribution in [0.4, 0.5) is 0 Å². The van der Waals surface area contributed by atoms with E-state index in [1.165, 1.54) is 5.56 Å². The summed E-state index contributed by atoms with van der Waals surface area (Å²) in [6, 6.07) is 13.1. The summed E-state index contributed by atoms with van der Waals surface area (Å²) >= 11 is 12.4. The molecule has 0 aromatic heterocycles. The van der Waals surface area contributed by atoms with Gasteiger partial charge in [-0.3, -0.25) is 9.59 Å². The van der Waals surface area contributed by atoms with E-state index in [1.54, 1.807) is 17.0 Å². The zero-order chi connectivity index (χ0) is 23.7. The molecule has 0 heterocycles. The molecular weight excluding hydrogens is 443 g/mol. The Morgan fingerprint density at radius 1 is 1.03 bits per heavy atom. The number of carbonyl (C=O) groups is 2. The lowest BCUT2D eigenvalue weighted by Crippen LogP contribution is -2.49. The zero-order valence-electron chi connectivity index (χ0n) is 19.5. The minimum Gasteiger partial charge on any atom is -0.354 e. The molecule has 6 heteroatoms. The van der Waals surface area contributed by atoms with E-state index in [1.807, 2.05) is 19.9 Å². The van der Waals surface area contributed by atoms with Gasteiger partial charge in [-0.05, 0) is 54.0 Å². The fourth-order valence-corrected chi connectivity index (χ4v) is 4.05. The van der Waals surface area contributed by atoms with Crippen molar-refractivity contribution in [3.05, 3.63) is 69.2 Å². The average molecular weight is 477 g/mol. The van der Waals surface area contributed by atoms with Gasteiger partial charge in [-0.15, -0.1) is 0 Å². The van der Waals surface area contributed by atoms with Crippen molar-refractivity contribution in [3.63, 3.8) is 0 Å². The van der Waals surface area contributed by atoms with Gasteiger partial charge in [-0.25, -0.2) is 0 Å². The molecule has 2 aromatic rings. The van der Waals surface area contributed by atoms with Crippen LogP contribution in [0.15, 0.2) is 42.5 Å². The number of carbonyl (C=O) groups excluding carboxylic acids is 2. The van der Waals surface area contributed by atoms with Crippen LogP contribution in [-0.2, 0) is 22.6 Å².